The number of aliphatic hydroxyl groups is 1. The molecule has 0 spiro atoms. The number of ether oxygens (including phenoxy) is 4. The molecule has 6 rings (SSSR count). The molecule has 0 aromatic heterocycles. The molecule has 3 unspecified atom stereocenters. The highest BCUT2D eigenvalue weighted by molar-refractivity contribution is 5.82. The molecule has 6 aliphatic rings. The van der Waals surface area contributed by atoms with Gasteiger partial charge in [-0.2, -0.15) is 0 Å². The van der Waals surface area contributed by atoms with E-state index >= 15 is 0 Å². The van der Waals surface area contributed by atoms with E-state index in [4.69, 9.17) is 18.9 Å². The van der Waals surface area contributed by atoms with Crippen LogP contribution >= 0.6 is 0 Å². The number of carbonyl (C=O) groups excluding carboxylic acids is 4. The fraction of sp³-hybridized carbons (Fsp3) is 0.905. The van der Waals surface area contributed by atoms with Crippen LogP contribution in [-0.4, -0.2) is 58.5 Å². The molecule has 0 aromatic rings. The van der Waals surface area contributed by atoms with Gasteiger partial charge in [0.15, 0.2) is 0 Å². The summed E-state index contributed by atoms with van der Waals surface area (Å²) in [6, 6.07) is 0. The summed E-state index contributed by atoms with van der Waals surface area (Å²) in [5, 5.41) is 10.6. The summed E-state index contributed by atoms with van der Waals surface area (Å²) in [6.45, 7) is 20.0. The lowest BCUT2D eigenvalue weighted by atomic mass is 9.52. The van der Waals surface area contributed by atoms with E-state index in [9.17, 15) is 24.3 Å². The maximum Gasteiger partial charge on any atom is 0.347 e. The second-order valence-corrected chi connectivity index (χ2v) is 18.5. The molecule has 1 heterocycles. The third-order valence-electron chi connectivity index (χ3n) is 13.0. The maximum atomic E-state index is 12.4. The number of rotatable bonds is 10. The highest BCUT2D eigenvalue weighted by Gasteiger charge is 2.59. The van der Waals surface area contributed by atoms with E-state index in [-0.39, 0.29) is 34.5 Å². The van der Waals surface area contributed by atoms with Crippen molar-refractivity contribution < 1.29 is 43.2 Å². The lowest BCUT2D eigenvalue weighted by molar-refractivity contribution is -0.225. The molecule has 1 aliphatic heterocycles. The molecule has 9 heteroatoms. The molecule has 51 heavy (non-hydrogen) atoms. The van der Waals surface area contributed by atoms with E-state index in [1.54, 1.807) is 13.8 Å². The SMILES string of the molecule is CCC(C)(C)C(=O)OC12CC3CC(CC(O)(C3)C1)C2.CCC(C)(C)C(=O)OC1CCOC1=O.CCC1(OC(=O)C(C)(C)CC)CCCCCCC1. The summed E-state index contributed by atoms with van der Waals surface area (Å²) < 4.78 is 21.7. The number of esters is 4. The molecule has 0 amide bonds. The first-order valence-corrected chi connectivity index (χ1v) is 20.3. The Balaban J connectivity index is 0.000000209. The molecule has 9 nitrogen and oxygen atoms in total. The topological polar surface area (TPSA) is 125 Å². The van der Waals surface area contributed by atoms with Gasteiger partial charge in [-0.05, 0) is 137 Å². The molecule has 6 fully saturated rings. The van der Waals surface area contributed by atoms with Crippen molar-refractivity contribution in [1.82, 2.24) is 0 Å². The van der Waals surface area contributed by atoms with E-state index in [1.165, 1.54) is 38.5 Å². The molecular weight excluding hydrogens is 648 g/mol. The summed E-state index contributed by atoms with van der Waals surface area (Å²) in [7, 11) is 0. The molecule has 0 aromatic carbocycles. The third-order valence-corrected chi connectivity index (χ3v) is 13.0. The van der Waals surface area contributed by atoms with Crippen LogP contribution in [0.1, 0.15) is 185 Å². The predicted octanol–water partition coefficient (Wildman–Crippen LogP) is 9.19. The minimum absolute atomic E-state index is 0.00702. The molecule has 1 saturated heterocycles. The quantitative estimate of drug-likeness (QED) is 0.174. The zero-order valence-electron chi connectivity index (χ0n) is 33.9. The highest BCUT2D eigenvalue weighted by Crippen LogP contribution is 2.59. The lowest BCUT2D eigenvalue weighted by Gasteiger charge is -2.59. The van der Waals surface area contributed by atoms with Crippen molar-refractivity contribution in [3.8, 4) is 0 Å². The van der Waals surface area contributed by atoms with E-state index in [2.05, 4.69) is 13.8 Å². The van der Waals surface area contributed by atoms with Gasteiger partial charge in [-0.15, -0.1) is 0 Å². The third kappa shape index (κ3) is 11.4. The average molecular weight is 721 g/mol. The Morgan fingerprint density at radius 3 is 1.63 bits per heavy atom. The van der Waals surface area contributed by atoms with Gasteiger partial charge in [0, 0.05) is 12.8 Å². The first kappa shape index (κ1) is 43.2. The number of cyclic esters (lactones) is 1. The van der Waals surface area contributed by atoms with Crippen LogP contribution in [0.2, 0.25) is 0 Å². The molecule has 5 saturated carbocycles. The Bertz CT molecular complexity index is 1180. The van der Waals surface area contributed by atoms with Crippen LogP contribution < -0.4 is 0 Å². The van der Waals surface area contributed by atoms with Crippen LogP contribution in [0, 0.1) is 28.1 Å². The van der Waals surface area contributed by atoms with Crippen LogP contribution in [0.15, 0.2) is 0 Å². The summed E-state index contributed by atoms with van der Waals surface area (Å²) >= 11 is 0. The van der Waals surface area contributed by atoms with Crippen molar-refractivity contribution >= 4 is 23.9 Å². The van der Waals surface area contributed by atoms with E-state index in [1.807, 2.05) is 41.5 Å². The molecule has 4 bridgehead atoms. The summed E-state index contributed by atoms with van der Waals surface area (Å²) in [4.78, 5) is 47.3. The van der Waals surface area contributed by atoms with Gasteiger partial charge in [0.25, 0.3) is 0 Å². The fourth-order valence-corrected chi connectivity index (χ4v) is 8.30. The van der Waals surface area contributed by atoms with Gasteiger partial charge in [0.1, 0.15) is 11.2 Å². The van der Waals surface area contributed by atoms with Crippen molar-refractivity contribution in [2.75, 3.05) is 6.61 Å². The van der Waals surface area contributed by atoms with Crippen LogP contribution in [0.5, 0.6) is 0 Å². The van der Waals surface area contributed by atoms with Gasteiger partial charge >= 0.3 is 23.9 Å². The molecule has 3 atom stereocenters. The minimum Gasteiger partial charge on any atom is -0.463 e. The Morgan fingerprint density at radius 2 is 1.20 bits per heavy atom. The summed E-state index contributed by atoms with van der Waals surface area (Å²) in [6.07, 6.45) is 17.1. The molecule has 5 aliphatic carbocycles. The molecule has 0 radical (unpaired) electrons. The van der Waals surface area contributed by atoms with Crippen molar-refractivity contribution in [1.29, 1.82) is 0 Å². The second kappa shape index (κ2) is 17.3. The Hall–Kier alpha value is -2.16. The van der Waals surface area contributed by atoms with E-state index < -0.39 is 28.5 Å². The summed E-state index contributed by atoms with van der Waals surface area (Å²) in [5.74, 6) is 0.273. The Labute approximate surface area is 309 Å². The molecule has 294 valence electrons. The van der Waals surface area contributed by atoms with E-state index in [0.29, 0.717) is 37.7 Å². The maximum absolute atomic E-state index is 12.4. The largest absolute Gasteiger partial charge is 0.463 e. The zero-order chi connectivity index (χ0) is 38.3. The summed E-state index contributed by atoms with van der Waals surface area (Å²) in [5.41, 5.74) is -2.37. The zero-order valence-corrected chi connectivity index (χ0v) is 33.9. The van der Waals surface area contributed by atoms with E-state index in [0.717, 1.165) is 57.8 Å². The van der Waals surface area contributed by atoms with Crippen molar-refractivity contribution in [2.45, 2.75) is 208 Å². The van der Waals surface area contributed by atoms with Gasteiger partial charge in [0.05, 0.1) is 28.5 Å². The standard InChI is InChI=1S/C16H26O3.C16H30O2.C10H16O4/c1-4-14(2,3)13(17)19-16-8-11-5-12(9-16)7-15(18,6-11)10-16;1-5-15(3,4)14(17)18-16(6-2)12-10-8-7-9-11-13-16;1-4-10(2,3)9(12)14-7-5-6-13-8(7)11/h11-12,18H,4-10H2,1-3H3;5-13H2,1-4H3;7H,4-6H2,1-3H3. The van der Waals surface area contributed by atoms with Crippen LogP contribution in [0.3, 0.4) is 0 Å². The van der Waals surface area contributed by atoms with Crippen molar-refractivity contribution in [2.24, 2.45) is 28.1 Å². The monoisotopic (exact) mass is 721 g/mol. The van der Waals surface area contributed by atoms with Gasteiger partial charge in [-0.1, -0.05) is 47.0 Å². The van der Waals surface area contributed by atoms with Crippen LogP contribution in [0.4, 0.5) is 0 Å². The van der Waals surface area contributed by atoms with Gasteiger partial charge in [-0.3, -0.25) is 14.4 Å². The smallest absolute Gasteiger partial charge is 0.347 e. The fourth-order valence-electron chi connectivity index (χ4n) is 8.30. The first-order valence-electron chi connectivity index (χ1n) is 20.3. The van der Waals surface area contributed by atoms with Crippen molar-refractivity contribution in [3.05, 3.63) is 0 Å². The predicted molar refractivity (Wildman–Crippen MR) is 198 cm³/mol. The molecular formula is C42H72O9. The Morgan fingerprint density at radius 1 is 0.725 bits per heavy atom. The number of carbonyl (C=O) groups is 4. The minimum atomic E-state index is -0.687. The van der Waals surface area contributed by atoms with Crippen LogP contribution in [-0.2, 0) is 38.1 Å². The van der Waals surface area contributed by atoms with Gasteiger partial charge < -0.3 is 24.1 Å². The van der Waals surface area contributed by atoms with Crippen molar-refractivity contribution in [3.63, 3.8) is 0 Å². The number of hydrogen-bond acceptors (Lipinski definition) is 9. The molecule has 1 N–H and O–H groups in total. The van der Waals surface area contributed by atoms with Crippen LogP contribution in [0.25, 0.3) is 0 Å². The first-order chi connectivity index (χ1) is 23.7. The highest BCUT2D eigenvalue weighted by atomic mass is 16.6. The average Bonchev–Trinajstić information content (AvgIpc) is 3.45. The number of hydrogen-bond donors (Lipinski definition) is 1. The Kier molecular flexibility index (Phi) is 14.7. The normalized spacial score (nSPS) is 29.9. The van der Waals surface area contributed by atoms with Gasteiger partial charge in [0.2, 0.25) is 6.10 Å². The second-order valence-electron chi connectivity index (χ2n) is 18.5. The van der Waals surface area contributed by atoms with Gasteiger partial charge in [-0.25, -0.2) is 4.79 Å². The lowest BCUT2D eigenvalue weighted by Crippen LogP contribution is -2.61.